The molecule has 0 N–H and O–H groups in total. The van der Waals surface area contributed by atoms with Gasteiger partial charge in [0.1, 0.15) is 0 Å². The normalized spacial score (nSPS) is 12.3. The summed E-state index contributed by atoms with van der Waals surface area (Å²) in [5, 5.41) is 0. The Morgan fingerprint density at radius 3 is 1.36 bits per heavy atom. The number of fused-ring (bicyclic) bond motifs is 9. The SMILES string of the molecule is c1cc(-n2ccn3c4ccccc4nc23)cc(-n2ccn3c4cc(-n5ccn6c7ccccc7nc56)ccc4nc23)c1. The lowest BCUT2D eigenvalue weighted by molar-refractivity contribution is 1.04. The lowest BCUT2D eigenvalue weighted by Crippen LogP contribution is -1.98. The third kappa shape index (κ3) is 2.83. The van der Waals surface area contributed by atoms with E-state index in [0.29, 0.717) is 0 Å². The van der Waals surface area contributed by atoms with Crippen LogP contribution in [-0.4, -0.2) is 41.9 Å². The predicted octanol–water partition coefficient (Wildman–Crippen LogP) is 6.46. The zero-order valence-electron chi connectivity index (χ0n) is 22.1. The zero-order chi connectivity index (χ0) is 27.4. The molecule has 0 fully saturated rings. The first-order chi connectivity index (χ1) is 20.8. The number of rotatable bonds is 3. The van der Waals surface area contributed by atoms with Gasteiger partial charge in [-0.3, -0.25) is 26.9 Å². The molecule has 0 aliphatic carbocycles. The van der Waals surface area contributed by atoms with Crippen molar-refractivity contribution in [2.24, 2.45) is 0 Å². The molecule has 0 saturated heterocycles. The minimum atomic E-state index is 0.854. The molecule has 10 rings (SSSR count). The molecule has 6 heterocycles. The number of aromatic nitrogens is 9. The Kier molecular flexibility index (Phi) is 4.01. The molecule has 4 aromatic carbocycles. The van der Waals surface area contributed by atoms with Gasteiger partial charge in [-0.25, -0.2) is 15.0 Å². The lowest BCUT2D eigenvalue weighted by atomic mass is 10.2. The molecule has 0 aliphatic heterocycles. The van der Waals surface area contributed by atoms with Gasteiger partial charge in [-0.15, -0.1) is 0 Å². The first-order valence-electron chi connectivity index (χ1n) is 13.8. The first-order valence-corrected chi connectivity index (χ1v) is 13.8. The minimum Gasteiger partial charge on any atom is -0.286 e. The van der Waals surface area contributed by atoms with Crippen LogP contribution in [0, 0.1) is 0 Å². The largest absolute Gasteiger partial charge is 0.286 e. The molecule has 198 valence electrons. The highest BCUT2D eigenvalue weighted by atomic mass is 15.2. The van der Waals surface area contributed by atoms with E-state index in [1.807, 2.05) is 36.4 Å². The average molecular weight is 544 g/mol. The molecule has 0 atom stereocenters. The monoisotopic (exact) mass is 543 g/mol. The Labute approximate surface area is 237 Å². The number of nitrogens with zero attached hydrogens (tertiary/aromatic N) is 9. The second-order valence-corrected chi connectivity index (χ2v) is 10.5. The summed E-state index contributed by atoms with van der Waals surface area (Å²) in [5.41, 5.74) is 9.23. The molecule has 0 spiro atoms. The molecule has 0 unspecified atom stereocenters. The Hall–Kier alpha value is -6.09. The minimum absolute atomic E-state index is 0.854. The van der Waals surface area contributed by atoms with Crippen LogP contribution in [0.2, 0.25) is 0 Å². The molecule has 0 bridgehead atoms. The fourth-order valence-electron chi connectivity index (χ4n) is 6.23. The van der Waals surface area contributed by atoms with Gasteiger partial charge in [0.05, 0.1) is 50.2 Å². The van der Waals surface area contributed by atoms with E-state index in [1.165, 1.54) is 0 Å². The lowest BCUT2D eigenvalue weighted by Gasteiger charge is -2.07. The van der Waals surface area contributed by atoms with Gasteiger partial charge >= 0.3 is 0 Å². The van der Waals surface area contributed by atoms with Gasteiger partial charge in [0.15, 0.2) is 0 Å². The summed E-state index contributed by atoms with van der Waals surface area (Å²) in [5.74, 6) is 2.62. The van der Waals surface area contributed by atoms with Crippen molar-refractivity contribution in [1.82, 2.24) is 41.9 Å². The highest BCUT2D eigenvalue weighted by Crippen LogP contribution is 2.27. The summed E-state index contributed by atoms with van der Waals surface area (Å²) in [6, 6.07) is 31.2. The maximum Gasteiger partial charge on any atom is 0.219 e. The van der Waals surface area contributed by atoms with Crippen molar-refractivity contribution in [3.8, 4) is 17.1 Å². The fraction of sp³-hybridized carbons (Fsp3) is 0. The van der Waals surface area contributed by atoms with Crippen molar-refractivity contribution in [3.63, 3.8) is 0 Å². The summed E-state index contributed by atoms with van der Waals surface area (Å²) in [6.07, 6.45) is 12.4. The van der Waals surface area contributed by atoms with Crippen LogP contribution in [0.5, 0.6) is 0 Å². The Morgan fingerprint density at radius 1 is 0.357 bits per heavy atom. The summed E-state index contributed by atoms with van der Waals surface area (Å²) in [6.45, 7) is 0. The number of para-hydroxylation sites is 4. The van der Waals surface area contributed by atoms with Gasteiger partial charge in [-0.1, -0.05) is 30.3 Å². The average Bonchev–Trinajstić information content (AvgIpc) is 3.85. The molecular formula is C33H21N9. The number of benzene rings is 4. The fourth-order valence-corrected chi connectivity index (χ4v) is 6.23. The Balaban J connectivity index is 1.09. The van der Waals surface area contributed by atoms with E-state index < -0.39 is 0 Å². The van der Waals surface area contributed by atoms with E-state index >= 15 is 0 Å². The molecular weight excluding hydrogens is 522 g/mol. The third-order valence-electron chi connectivity index (χ3n) is 8.21. The van der Waals surface area contributed by atoms with Crippen molar-refractivity contribution >= 4 is 50.4 Å². The molecule has 0 radical (unpaired) electrons. The predicted molar refractivity (Wildman–Crippen MR) is 163 cm³/mol. The molecule has 6 aromatic heterocycles. The van der Waals surface area contributed by atoms with Crippen molar-refractivity contribution < 1.29 is 0 Å². The van der Waals surface area contributed by atoms with Crippen LogP contribution in [-0.2, 0) is 0 Å². The number of hydrogen-bond acceptors (Lipinski definition) is 3. The molecule has 0 aliphatic rings. The van der Waals surface area contributed by atoms with Gasteiger partial charge in [0.2, 0.25) is 17.3 Å². The summed E-state index contributed by atoms with van der Waals surface area (Å²) in [4.78, 5) is 14.8. The van der Waals surface area contributed by atoms with Crippen molar-refractivity contribution in [2.45, 2.75) is 0 Å². The number of hydrogen-bond donors (Lipinski definition) is 0. The molecule has 9 heteroatoms. The van der Waals surface area contributed by atoms with Crippen LogP contribution in [0.15, 0.2) is 128 Å². The standard InChI is InChI=1S/C33H21N9/c1-3-10-28-25(8-1)34-31-37(14-17-40(28)31)22-6-5-7-23(20-22)38-16-19-42-30-21-24(12-13-27(30)36-33(38)42)39-15-18-41-29-11-4-2-9-26(29)35-32(39)41/h1-21H. The van der Waals surface area contributed by atoms with Gasteiger partial charge < -0.3 is 0 Å². The van der Waals surface area contributed by atoms with Crippen molar-refractivity contribution in [2.75, 3.05) is 0 Å². The first kappa shape index (κ1) is 21.7. The smallest absolute Gasteiger partial charge is 0.219 e. The second-order valence-electron chi connectivity index (χ2n) is 10.5. The van der Waals surface area contributed by atoms with Crippen LogP contribution in [0.1, 0.15) is 0 Å². The third-order valence-corrected chi connectivity index (χ3v) is 8.21. The van der Waals surface area contributed by atoms with Gasteiger partial charge in [-0.05, 0) is 60.7 Å². The highest BCUT2D eigenvalue weighted by molar-refractivity contribution is 5.84. The Morgan fingerprint density at radius 2 is 0.810 bits per heavy atom. The van der Waals surface area contributed by atoms with Crippen molar-refractivity contribution in [3.05, 3.63) is 128 Å². The quantitative estimate of drug-likeness (QED) is 0.257. The number of imidazole rings is 6. The van der Waals surface area contributed by atoms with Gasteiger partial charge in [0.25, 0.3) is 0 Å². The zero-order valence-corrected chi connectivity index (χ0v) is 22.1. The molecule has 10 aromatic rings. The van der Waals surface area contributed by atoms with Crippen LogP contribution < -0.4 is 0 Å². The van der Waals surface area contributed by atoms with E-state index in [4.69, 9.17) is 15.0 Å². The van der Waals surface area contributed by atoms with E-state index in [1.54, 1.807) is 0 Å². The molecule has 42 heavy (non-hydrogen) atoms. The maximum atomic E-state index is 5.01. The molecule has 0 saturated carbocycles. The second kappa shape index (κ2) is 7.76. The van der Waals surface area contributed by atoms with Crippen molar-refractivity contribution in [1.29, 1.82) is 0 Å². The van der Waals surface area contributed by atoms with Crippen LogP contribution >= 0.6 is 0 Å². The van der Waals surface area contributed by atoms with E-state index in [-0.39, 0.29) is 0 Å². The summed E-state index contributed by atoms with van der Waals surface area (Å²) < 4.78 is 12.8. The van der Waals surface area contributed by atoms with E-state index in [0.717, 1.165) is 67.5 Å². The van der Waals surface area contributed by atoms with Crippen LogP contribution in [0.4, 0.5) is 0 Å². The molecule has 0 amide bonds. The Bertz CT molecular complexity index is 2650. The topological polar surface area (TPSA) is 66.7 Å². The molecule has 9 nitrogen and oxygen atoms in total. The van der Waals surface area contributed by atoms with Crippen LogP contribution in [0.25, 0.3) is 67.5 Å². The van der Waals surface area contributed by atoms with Gasteiger partial charge in [0, 0.05) is 37.2 Å². The van der Waals surface area contributed by atoms with Crippen LogP contribution in [0.3, 0.4) is 0 Å². The summed E-state index contributed by atoms with van der Waals surface area (Å²) >= 11 is 0. The summed E-state index contributed by atoms with van der Waals surface area (Å²) in [7, 11) is 0. The maximum absolute atomic E-state index is 5.01. The van der Waals surface area contributed by atoms with E-state index in [9.17, 15) is 0 Å². The van der Waals surface area contributed by atoms with E-state index in [2.05, 4.69) is 119 Å². The highest BCUT2D eigenvalue weighted by Gasteiger charge is 2.15. The van der Waals surface area contributed by atoms with Gasteiger partial charge in [-0.2, -0.15) is 0 Å².